The van der Waals surface area contributed by atoms with Crippen LogP contribution >= 0.6 is 0 Å². The quantitative estimate of drug-likeness (QED) is 0.891. The predicted molar refractivity (Wildman–Crippen MR) is 82.1 cm³/mol. The number of benzene rings is 1. The van der Waals surface area contributed by atoms with Crippen LogP contribution in [0.25, 0.3) is 0 Å². The number of halogens is 2. The lowest BCUT2D eigenvalue weighted by atomic mass is 10.1. The summed E-state index contributed by atoms with van der Waals surface area (Å²) in [6.45, 7) is 5.79. The highest BCUT2D eigenvalue weighted by molar-refractivity contribution is 5.21. The molecule has 0 spiro atoms. The van der Waals surface area contributed by atoms with Crippen molar-refractivity contribution in [2.75, 3.05) is 32.7 Å². The summed E-state index contributed by atoms with van der Waals surface area (Å²) in [6.07, 6.45) is -0.975. The summed E-state index contributed by atoms with van der Waals surface area (Å²) in [4.78, 5) is 8.44. The summed E-state index contributed by atoms with van der Waals surface area (Å²) in [5.74, 6) is -0.148. The van der Waals surface area contributed by atoms with Crippen LogP contribution in [0.4, 0.5) is 8.78 Å². The van der Waals surface area contributed by atoms with Gasteiger partial charge in [-0.1, -0.05) is 11.2 Å². The first-order valence-corrected chi connectivity index (χ1v) is 7.88. The molecule has 1 aromatic heterocycles. The maximum atomic E-state index is 13.7. The van der Waals surface area contributed by atoms with Gasteiger partial charge in [-0.3, -0.25) is 9.80 Å². The number of aromatic nitrogens is 2. The number of β-amino-alcohol motifs (C(OH)–C–C–N with tert-alkyl or cyclic N) is 1. The van der Waals surface area contributed by atoms with Crippen molar-refractivity contribution in [2.24, 2.45) is 0 Å². The highest BCUT2D eigenvalue weighted by atomic mass is 19.1. The van der Waals surface area contributed by atoms with Gasteiger partial charge in [0.15, 0.2) is 5.82 Å². The zero-order valence-corrected chi connectivity index (χ0v) is 13.5. The van der Waals surface area contributed by atoms with Gasteiger partial charge >= 0.3 is 0 Å². The first-order valence-electron chi connectivity index (χ1n) is 7.88. The lowest BCUT2D eigenvalue weighted by molar-refractivity contribution is 0.0674. The molecule has 0 aliphatic carbocycles. The van der Waals surface area contributed by atoms with Gasteiger partial charge in [0.25, 0.3) is 0 Å². The van der Waals surface area contributed by atoms with Gasteiger partial charge in [0.05, 0.1) is 12.6 Å². The Labute approximate surface area is 138 Å². The molecule has 1 fully saturated rings. The molecule has 1 aliphatic heterocycles. The molecule has 0 amide bonds. The lowest BCUT2D eigenvalue weighted by Gasteiger charge is -2.35. The van der Waals surface area contributed by atoms with Crippen molar-refractivity contribution >= 4 is 0 Å². The third-order valence-electron chi connectivity index (χ3n) is 4.15. The number of hydrogen-bond acceptors (Lipinski definition) is 6. The molecule has 1 N–H and O–H groups in total. The first kappa shape index (κ1) is 16.9. The van der Waals surface area contributed by atoms with E-state index in [0.29, 0.717) is 24.8 Å². The normalized spacial score (nSPS) is 18.0. The third kappa shape index (κ3) is 4.14. The van der Waals surface area contributed by atoms with Gasteiger partial charge < -0.3 is 9.63 Å². The molecule has 2 heterocycles. The Bertz CT molecular complexity index is 686. The molecule has 1 unspecified atom stereocenters. The average Bonchev–Trinajstić information content (AvgIpc) is 2.94. The summed E-state index contributed by atoms with van der Waals surface area (Å²) in [5, 5.41) is 14.1. The van der Waals surface area contributed by atoms with Crippen LogP contribution in [0, 0.1) is 18.6 Å². The molecular weight excluding hydrogens is 318 g/mol. The maximum absolute atomic E-state index is 13.7. The van der Waals surface area contributed by atoms with E-state index in [1.54, 1.807) is 6.92 Å². The minimum absolute atomic E-state index is 0.126. The van der Waals surface area contributed by atoms with Crippen molar-refractivity contribution < 1.29 is 18.4 Å². The minimum Gasteiger partial charge on any atom is -0.387 e. The Balaban J connectivity index is 1.49. The van der Waals surface area contributed by atoms with E-state index < -0.39 is 17.7 Å². The van der Waals surface area contributed by atoms with Crippen LogP contribution in [0.2, 0.25) is 0 Å². The van der Waals surface area contributed by atoms with E-state index in [0.717, 1.165) is 38.3 Å². The summed E-state index contributed by atoms with van der Waals surface area (Å²) in [5.41, 5.74) is 0.126. The Kier molecular flexibility index (Phi) is 5.17. The molecule has 1 aliphatic rings. The molecule has 1 aromatic carbocycles. The van der Waals surface area contributed by atoms with Crippen molar-refractivity contribution in [3.05, 3.63) is 47.1 Å². The zero-order chi connectivity index (χ0) is 17.1. The van der Waals surface area contributed by atoms with Crippen molar-refractivity contribution in [1.82, 2.24) is 19.9 Å². The van der Waals surface area contributed by atoms with E-state index >= 15 is 0 Å². The van der Waals surface area contributed by atoms with Crippen molar-refractivity contribution in [3.8, 4) is 0 Å². The predicted octanol–water partition coefficient (Wildman–Crippen LogP) is 1.51. The van der Waals surface area contributed by atoms with Crippen molar-refractivity contribution in [3.63, 3.8) is 0 Å². The number of nitrogens with zero attached hydrogens (tertiary/aromatic N) is 4. The Morgan fingerprint density at radius 2 is 1.92 bits per heavy atom. The molecular formula is C16H20F2N4O2. The maximum Gasteiger partial charge on any atom is 0.223 e. The summed E-state index contributed by atoms with van der Waals surface area (Å²) in [6, 6.07) is 3.25. The number of piperazine rings is 1. The van der Waals surface area contributed by atoms with E-state index in [1.807, 2.05) is 0 Å². The van der Waals surface area contributed by atoms with Gasteiger partial charge in [0.1, 0.15) is 11.6 Å². The number of aliphatic hydroxyl groups is 1. The van der Waals surface area contributed by atoms with Gasteiger partial charge in [0.2, 0.25) is 5.89 Å². The molecule has 1 atom stereocenters. The van der Waals surface area contributed by atoms with Crippen molar-refractivity contribution in [1.29, 1.82) is 0 Å². The van der Waals surface area contributed by atoms with E-state index in [2.05, 4.69) is 19.9 Å². The molecule has 8 heteroatoms. The molecule has 3 rings (SSSR count). The smallest absolute Gasteiger partial charge is 0.223 e. The Hall–Kier alpha value is -1.90. The van der Waals surface area contributed by atoms with Gasteiger partial charge in [-0.15, -0.1) is 0 Å². The fourth-order valence-corrected chi connectivity index (χ4v) is 2.85. The topological polar surface area (TPSA) is 65.6 Å². The van der Waals surface area contributed by atoms with Crippen LogP contribution < -0.4 is 0 Å². The summed E-state index contributed by atoms with van der Waals surface area (Å²) in [7, 11) is 0. The highest BCUT2D eigenvalue weighted by Gasteiger charge is 2.22. The SMILES string of the molecule is Cc1nc(CN2CCN(CC(O)c3ccc(F)cc3F)CC2)no1. The number of aliphatic hydroxyl groups excluding tert-OH is 1. The van der Waals surface area contributed by atoms with Crippen LogP contribution in [0.5, 0.6) is 0 Å². The lowest BCUT2D eigenvalue weighted by Crippen LogP contribution is -2.47. The fourth-order valence-electron chi connectivity index (χ4n) is 2.85. The number of rotatable bonds is 5. The van der Waals surface area contributed by atoms with Crippen LogP contribution in [0.1, 0.15) is 23.4 Å². The Morgan fingerprint density at radius 3 is 2.54 bits per heavy atom. The first-order chi connectivity index (χ1) is 11.5. The van der Waals surface area contributed by atoms with Crippen LogP contribution in [0.3, 0.4) is 0 Å². The molecule has 0 radical (unpaired) electrons. The second-order valence-electron chi connectivity index (χ2n) is 5.99. The largest absolute Gasteiger partial charge is 0.387 e. The van der Waals surface area contributed by atoms with Gasteiger partial charge in [-0.2, -0.15) is 4.98 Å². The summed E-state index contributed by atoms with van der Waals surface area (Å²) < 4.78 is 31.6. The van der Waals surface area contributed by atoms with Gasteiger partial charge in [0, 0.05) is 51.3 Å². The van der Waals surface area contributed by atoms with Crippen LogP contribution in [-0.2, 0) is 6.54 Å². The van der Waals surface area contributed by atoms with E-state index in [1.165, 1.54) is 6.07 Å². The minimum atomic E-state index is -0.975. The van der Waals surface area contributed by atoms with Gasteiger partial charge in [-0.05, 0) is 6.07 Å². The second-order valence-corrected chi connectivity index (χ2v) is 5.99. The van der Waals surface area contributed by atoms with Crippen LogP contribution in [0.15, 0.2) is 22.7 Å². The Morgan fingerprint density at radius 1 is 1.21 bits per heavy atom. The molecule has 1 saturated heterocycles. The fraction of sp³-hybridized carbons (Fsp3) is 0.500. The molecule has 130 valence electrons. The second kappa shape index (κ2) is 7.33. The molecule has 0 saturated carbocycles. The molecule has 6 nitrogen and oxygen atoms in total. The van der Waals surface area contributed by atoms with E-state index in [-0.39, 0.29) is 5.56 Å². The number of hydrogen-bond donors (Lipinski definition) is 1. The van der Waals surface area contributed by atoms with Crippen molar-refractivity contribution in [2.45, 2.75) is 19.6 Å². The van der Waals surface area contributed by atoms with E-state index in [4.69, 9.17) is 4.52 Å². The molecule has 0 bridgehead atoms. The average molecular weight is 338 g/mol. The van der Waals surface area contributed by atoms with Gasteiger partial charge in [-0.25, -0.2) is 8.78 Å². The molecule has 24 heavy (non-hydrogen) atoms. The standard InChI is InChI=1S/C16H20F2N4O2/c1-11-19-16(20-24-11)10-22-6-4-21(5-7-22)9-15(23)13-3-2-12(17)8-14(13)18/h2-3,8,15,23H,4-7,9-10H2,1H3. The molecule has 2 aromatic rings. The van der Waals surface area contributed by atoms with Crippen LogP contribution in [-0.4, -0.2) is 57.8 Å². The monoisotopic (exact) mass is 338 g/mol. The highest BCUT2D eigenvalue weighted by Crippen LogP contribution is 2.20. The number of aryl methyl sites for hydroxylation is 1. The third-order valence-corrected chi connectivity index (χ3v) is 4.15. The summed E-state index contributed by atoms with van der Waals surface area (Å²) >= 11 is 0. The zero-order valence-electron chi connectivity index (χ0n) is 13.5. The van der Waals surface area contributed by atoms with E-state index in [9.17, 15) is 13.9 Å².